The molecule has 0 radical (unpaired) electrons. The van der Waals surface area contributed by atoms with Gasteiger partial charge in [-0.05, 0) is 42.3 Å². The molecule has 4 heteroatoms. The summed E-state index contributed by atoms with van der Waals surface area (Å²) in [5.41, 5.74) is 2.54. The summed E-state index contributed by atoms with van der Waals surface area (Å²) in [6.45, 7) is 5.30. The molecule has 22 heavy (non-hydrogen) atoms. The van der Waals surface area contributed by atoms with Crippen molar-refractivity contribution in [3.63, 3.8) is 0 Å². The molecule has 0 aliphatic carbocycles. The number of rotatable bonds is 4. The van der Waals surface area contributed by atoms with Crippen LogP contribution in [0.3, 0.4) is 0 Å². The molecule has 0 spiro atoms. The van der Waals surface area contributed by atoms with Gasteiger partial charge in [0.1, 0.15) is 11.9 Å². The zero-order valence-electron chi connectivity index (χ0n) is 12.6. The molecule has 0 atom stereocenters. The molecule has 0 N–H and O–H groups in total. The van der Waals surface area contributed by atoms with Crippen LogP contribution in [0.15, 0.2) is 42.5 Å². The van der Waals surface area contributed by atoms with Crippen LogP contribution < -0.4 is 14.2 Å². The Hall–Kier alpha value is -2.20. The topological polar surface area (TPSA) is 30.9 Å². The van der Waals surface area contributed by atoms with Crippen molar-refractivity contribution in [1.82, 2.24) is 4.90 Å². The Balaban J connectivity index is 1.35. The number of benzene rings is 2. The van der Waals surface area contributed by atoms with Gasteiger partial charge < -0.3 is 14.2 Å². The molecule has 2 aromatic rings. The van der Waals surface area contributed by atoms with Gasteiger partial charge in [0, 0.05) is 19.6 Å². The van der Waals surface area contributed by atoms with Gasteiger partial charge in [0.2, 0.25) is 6.79 Å². The second-order valence-electron chi connectivity index (χ2n) is 5.88. The van der Waals surface area contributed by atoms with E-state index < -0.39 is 0 Å². The smallest absolute Gasteiger partial charge is 0.231 e. The van der Waals surface area contributed by atoms with Crippen LogP contribution in [0.25, 0.3) is 0 Å². The van der Waals surface area contributed by atoms with Crippen molar-refractivity contribution in [2.45, 2.75) is 19.6 Å². The lowest BCUT2D eigenvalue weighted by Gasteiger charge is -2.39. The molecular formula is C18H19NO3. The van der Waals surface area contributed by atoms with Crippen molar-refractivity contribution >= 4 is 0 Å². The molecule has 2 heterocycles. The quantitative estimate of drug-likeness (QED) is 0.868. The Morgan fingerprint density at radius 3 is 2.59 bits per heavy atom. The third kappa shape index (κ3) is 2.62. The van der Waals surface area contributed by atoms with Crippen molar-refractivity contribution in [2.75, 3.05) is 19.9 Å². The lowest BCUT2D eigenvalue weighted by atomic mass is 10.0. The van der Waals surface area contributed by atoms with Gasteiger partial charge in [0.15, 0.2) is 11.5 Å². The summed E-state index contributed by atoms with van der Waals surface area (Å²) in [6, 6.07) is 14.2. The van der Waals surface area contributed by atoms with Crippen LogP contribution in [0.2, 0.25) is 0 Å². The van der Waals surface area contributed by atoms with E-state index in [1.165, 1.54) is 11.1 Å². The summed E-state index contributed by atoms with van der Waals surface area (Å²) >= 11 is 0. The second-order valence-corrected chi connectivity index (χ2v) is 5.88. The fourth-order valence-corrected chi connectivity index (χ4v) is 2.91. The minimum absolute atomic E-state index is 0.289. The predicted octanol–water partition coefficient (Wildman–Crippen LogP) is 2.99. The Kier molecular flexibility index (Phi) is 3.39. The van der Waals surface area contributed by atoms with Crippen LogP contribution >= 0.6 is 0 Å². The van der Waals surface area contributed by atoms with Gasteiger partial charge in [-0.15, -0.1) is 0 Å². The molecule has 0 bridgehead atoms. The van der Waals surface area contributed by atoms with Gasteiger partial charge in [0.25, 0.3) is 0 Å². The molecule has 0 unspecified atom stereocenters. The van der Waals surface area contributed by atoms with E-state index in [2.05, 4.69) is 24.0 Å². The molecule has 4 nitrogen and oxygen atoms in total. The van der Waals surface area contributed by atoms with Crippen LogP contribution in [0.1, 0.15) is 11.1 Å². The number of likely N-dealkylation sites (tertiary alicyclic amines) is 1. The van der Waals surface area contributed by atoms with Crippen molar-refractivity contribution in [2.24, 2.45) is 0 Å². The van der Waals surface area contributed by atoms with Crippen molar-refractivity contribution < 1.29 is 14.2 Å². The fourth-order valence-electron chi connectivity index (χ4n) is 2.91. The van der Waals surface area contributed by atoms with Crippen LogP contribution in [-0.4, -0.2) is 30.9 Å². The number of fused-ring (bicyclic) bond motifs is 1. The highest BCUT2D eigenvalue weighted by Gasteiger charge is 2.29. The van der Waals surface area contributed by atoms with Gasteiger partial charge in [-0.1, -0.05) is 18.2 Å². The lowest BCUT2D eigenvalue weighted by Crippen LogP contribution is -2.53. The summed E-state index contributed by atoms with van der Waals surface area (Å²) < 4.78 is 16.8. The van der Waals surface area contributed by atoms with Gasteiger partial charge in [-0.2, -0.15) is 0 Å². The van der Waals surface area contributed by atoms with Crippen LogP contribution in [0.5, 0.6) is 17.2 Å². The first kappa shape index (κ1) is 13.5. The van der Waals surface area contributed by atoms with Crippen molar-refractivity contribution in [3.05, 3.63) is 53.6 Å². The average molecular weight is 297 g/mol. The average Bonchev–Trinajstić information content (AvgIpc) is 2.93. The predicted molar refractivity (Wildman–Crippen MR) is 83.4 cm³/mol. The van der Waals surface area contributed by atoms with Crippen LogP contribution in [-0.2, 0) is 6.54 Å². The van der Waals surface area contributed by atoms with E-state index in [0.717, 1.165) is 36.9 Å². The number of nitrogens with zero attached hydrogens (tertiary/aromatic N) is 1. The fraction of sp³-hybridized carbons (Fsp3) is 0.333. The maximum Gasteiger partial charge on any atom is 0.231 e. The largest absolute Gasteiger partial charge is 0.488 e. The van der Waals surface area contributed by atoms with Crippen LogP contribution in [0.4, 0.5) is 0 Å². The first-order valence-electron chi connectivity index (χ1n) is 7.61. The molecule has 114 valence electrons. The number of para-hydroxylation sites is 1. The molecular weight excluding hydrogens is 278 g/mol. The number of aryl methyl sites for hydroxylation is 1. The minimum Gasteiger partial charge on any atom is -0.488 e. The zero-order chi connectivity index (χ0) is 14.9. The second kappa shape index (κ2) is 5.54. The van der Waals surface area contributed by atoms with E-state index in [1.54, 1.807) is 0 Å². The molecule has 1 fully saturated rings. The van der Waals surface area contributed by atoms with Gasteiger partial charge in [0.05, 0.1) is 0 Å². The molecule has 2 aliphatic rings. The van der Waals surface area contributed by atoms with Crippen LogP contribution in [0, 0.1) is 6.92 Å². The maximum atomic E-state index is 5.94. The number of ether oxygens (including phenoxy) is 3. The third-order valence-electron chi connectivity index (χ3n) is 4.19. The molecule has 1 saturated heterocycles. The number of hydrogen-bond acceptors (Lipinski definition) is 4. The van der Waals surface area contributed by atoms with E-state index in [0.29, 0.717) is 6.79 Å². The molecule has 0 amide bonds. The Morgan fingerprint density at radius 2 is 1.82 bits per heavy atom. The standard InChI is InChI=1S/C18H19NO3/c1-13-7-17-18(21-12-20-17)8-14(13)9-19-10-16(11-19)22-15-5-3-2-4-6-15/h2-8,16H,9-12H2,1H3. The Labute approximate surface area is 130 Å². The Bertz CT molecular complexity index is 666. The first-order valence-corrected chi connectivity index (χ1v) is 7.61. The lowest BCUT2D eigenvalue weighted by molar-refractivity contribution is 0.0144. The maximum absolute atomic E-state index is 5.94. The van der Waals surface area contributed by atoms with E-state index in [9.17, 15) is 0 Å². The van der Waals surface area contributed by atoms with Gasteiger partial charge in [-0.25, -0.2) is 0 Å². The van der Waals surface area contributed by atoms with Gasteiger partial charge >= 0.3 is 0 Å². The Morgan fingerprint density at radius 1 is 1.09 bits per heavy atom. The molecule has 2 aliphatic heterocycles. The summed E-state index contributed by atoms with van der Waals surface area (Å²) in [7, 11) is 0. The molecule has 2 aromatic carbocycles. The van der Waals surface area contributed by atoms with E-state index in [1.807, 2.05) is 30.3 Å². The SMILES string of the molecule is Cc1cc2c(cc1CN1CC(Oc3ccccc3)C1)OCO2. The normalized spacial score (nSPS) is 17.3. The van der Waals surface area contributed by atoms with Gasteiger partial charge in [-0.3, -0.25) is 4.90 Å². The summed E-state index contributed by atoms with van der Waals surface area (Å²) in [4.78, 5) is 2.39. The van der Waals surface area contributed by atoms with Crippen molar-refractivity contribution in [1.29, 1.82) is 0 Å². The highest BCUT2D eigenvalue weighted by molar-refractivity contribution is 5.48. The monoisotopic (exact) mass is 297 g/mol. The molecule has 0 aromatic heterocycles. The first-order chi connectivity index (χ1) is 10.8. The minimum atomic E-state index is 0.289. The summed E-state index contributed by atoms with van der Waals surface area (Å²) in [6.07, 6.45) is 0.289. The highest BCUT2D eigenvalue weighted by atomic mass is 16.7. The molecule has 0 saturated carbocycles. The summed E-state index contributed by atoms with van der Waals surface area (Å²) in [5.74, 6) is 2.67. The number of hydrogen-bond donors (Lipinski definition) is 0. The van der Waals surface area contributed by atoms with Crippen molar-refractivity contribution in [3.8, 4) is 17.2 Å². The third-order valence-corrected chi connectivity index (χ3v) is 4.19. The van der Waals surface area contributed by atoms with E-state index in [-0.39, 0.29) is 6.10 Å². The summed E-state index contributed by atoms with van der Waals surface area (Å²) in [5, 5.41) is 0. The zero-order valence-corrected chi connectivity index (χ0v) is 12.6. The molecule has 4 rings (SSSR count). The highest BCUT2D eigenvalue weighted by Crippen LogP contribution is 2.35. The van der Waals surface area contributed by atoms with E-state index >= 15 is 0 Å². The van der Waals surface area contributed by atoms with E-state index in [4.69, 9.17) is 14.2 Å².